The first kappa shape index (κ1) is 18.7. The van der Waals surface area contributed by atoms with E-state index in [4.69, 9.17) is 9.47 Å². The second-order valence-electron chi connectivity index (χ2n) is 6.96. The number of nitrogens with zero attached hydrogens (tertiary/aromatic N) is 2. The van der Waals surface area contributed by atoms with Gasteiger partial charge < -0.3 is 14.8 Å². The molecule has 146 valence electrons. The van der Waals surface area contributed by atoms with E-state index in [2.05, 4.69) is 15.3 Å². The molecule has 0 fully saturated rings. The molecule has 2 heterocycles. The molecule has 1 aromatic carbocycles. The number of aryl methyl sites for hydroxylation is 3. The molecule has 0 bridgehead atoms. The summed E-state index contributed by atoms with van der Waals surface area (Å²) in [5.74, 6) is 0.860. The average Bonchev–Trinajstić information content (AvgIpc) is 2.88. The van der Waals surface area contributed by atoms with Gasteiger partial charge in [0.15, 0.2) is 6.61 Å². The predicted molar refractivity (Wildman–Crippen MR) is 111 cm³/mol. The lowest BCUT2D eigenvalue weighted by atomic mass is 10.1. The van der Waals surface area contributed by atoms with E-state index in [1.807, 2.05) is 25.1 Å². The Kier molecular flexibility index (Phi) is 5.43. The first-order valence-corrected chi connectivity index (χ1v) is 10.3. The zero-order valence-electron chi connectivity index (χ0n) is 16.1. The first-order valence-electron chi connectivity index (χ1n) is 9.48. The molecule has 28 heavy (non-hydrogen) atoms. The smallest absolute Gasteiger partial charge is 0.262 e. The minimum absolute atomic E-state index is 0.117. The van der Waals surface area contributed by atoms with Crippen molar-refractivity contribution in [2.24, 2.45) is 0 Å². The Morgan fingerprint density at radius 2 is 2.07 bits per heavy atom. The summed E-state index contributed by atoms with van der Waals surface area (Å²) in [5, 5.41) is 3.83. The molecule has 4 rings (SSSR count). The third-order valence-corrected chi connectivity index (χ3v) is 6.14. The summed E-state index contributed by atoms with van der Waals surface area (Å²) in [5.41, 5.74) is 2.97. The van der Waals surface area contributed by atoms with Crippen molar-refractivity contribution in [2.45, 2.75) is 39.0 Å². The summed E-state index contributed by atoms with van der Waals surface area (Å²) in [6.45, 7) is 1.85. The maximum atomic E-state index is 12.5. The van der Waals surface area contributed by atoms with Crippen molar-refractivity contribution >= 4 is 33.1 Å². The largest absolute Gasteiger partial charge is 0.495 e. The highest BCUT2D eigenvalue weighted by Gasteiger charge is 2.20. The minimum atomic E-state index is -0.253. The monoisotopic (exact) mass is 397 g/mol. The summed E-state index contributed by atoms with van der Waals surface area (Å²) in [4.78, 5) is 23.5. The number of nitrogens with one attached hydrogen (secondary N) is 1. The molecule has 3 aromatic rings. The van der Waals surface area contributed by atoms with Crippen LogP contribution in [0.25, 0.3) is 10.2 Å². The summed E-state index contributed by atoms with van der Waals surface area (Å²) in [7, 11) is 1.58. The van der Waals surface area contributed by atoms with E-state index >= 15 is 0 Å². The molecular formula is C21H23N3O3S. The Bertz CT molecular complexity index is 1020. The van der Waals surface area contributed by atoms with Gasteiger partial charge in [-0.1, -0.05) is 12.5 Å². The predicted octanol–water partition coefficient (Wildman–Crippen LogP) is 4.29. The van der Waals surface area contributed by atoms with E-state index in [0.29, 0.717) is 17.3 Å². The van der Waals surface area contributed by atoms with Gasteiger partial charge in [-0.25, -0.2) is 9.97 Å². The number of carbonyl (C=O) groups is 1. The van der Waals surface area contributed by atoms with Crippen molar-refractivity contribution in [3.63, 3.8) is 0 Å². The van der Waals surface area contributed by atoms with Crippen LogP contribution in [0.3, 0.4) is 0 Å². The van der Waals surface area contributed by atoms with Gasteiger partial charge in [0.1, 0.15) is 16.9 Å². The highest BCUT2D eigenvalue weighted by atomic mass is 32.1. The number of rotatable bonds is 5. The zero-order valence-corrected chi connectivity index (χ0v) is 16.9. The molecule has 0 spiro atoms. The molecule has 0 unspecified atom stereocenters. The molecular weight excluding hydrogens is 374 g/mol. The van der Waals surface area contributed by atoms with Gasteiger partial charge in [0.05, 0.1) is 18.2 Å². The standard InChI is InChI=1S/C21H23N3O3S/c1-13-8-9-16(26-2)15(10-13)24-18(25)11-27-20-19-14-6-4-3-5-7-17(14)28-21(19)23-12-22-20/h8-10,12H,3-7,11H2,1-2H3,(H,24,25). The van der Waals surface area contributed by atoms with Crippen LogP contribution in [0.1, 0.15) is 35.3 Å². The fourth-order valence-electron chi connectivity index (χ4n) is 3.59. The number of methoxy groups -OCH3 is 1. The molecule has 6 nitrogen and oxygen atoms in total. The Labute approximate surface area is 167 Å². The number of aromatic nitrogens is 2. The fourth-order valence-corrected chi connectivity index (χ4v) is 4.81. The molecule has 1 aliphatic rings. The van der Waals surface area contributed by atoms with Crippen LogP contribution in [-0.4, -0.2) is 29.6 Å². The lowest BCUT2D eigenvalue weighted by Crippen LogP contribution is -2.21. The summed E-state index contributed by atoms with van der Waals surface area (Å²) in [6, 6.07) is 5.64. The van der Waals surface area contributed by atoms with Gasteiger partial charge in [-0.2, -0.15) is 0 Å². The van der Waals surface area contributed by atoms with Gasteiger partial charge in [0.2, 0.25) is 5.88 Å². The van der Waals surface area contributed by atoms with Crippen LogP contribution in [0.5, 0.6) is 11.6 Å². The second-order valence-corrected chi connectivity index (χ2v) is 8.05. The van der Waals surface area contributed by atoms with Crippen LogP contribution in [-0.2, 0) is 17.6 Å². The van der Waals surface area contributed by atoms with E-state index in [1.54, 1.807) is 18.4 Å². The molecule has 7 heteroatoms. The van der Waals surface area contributed by atoms with E-state index < -0.39 is 0 Å². The lowest BCUT2D eigenvalue weighted by Gasteiger charge is -2.12. The highest BCUT2D eigenvalue weighted by molar-refractivity contribution is 7.18. The van der Waals surface area contributed by atoms with Crippen molar-refractivity contribution in [2.75, 3.05) is 19.0 Å². The van der Waals surface area contributed by atoms with E-state index in [9.17, 15) is 4.79 Å². The molecule has 1 aliphatic carbocycles. The number of hydrogen-bond donors (Lipinski definition) is 1. The molecule has 2 aromatic heterocycles. The Morgan fingerprint density at radius 1 is 1.21 bits per heavy atom. The molecule has 0 aliphatic heterocycles. The third kappa shape index (κ3) is 3.80. The molecule has 0 atom stereocenters. The zero-order chi connectivity index (χ0) is 19.5. The number of carbonyl (C=O) groups excluding carboxylic acids is 1. The van der Waals surface area contributed by atoms with Crippen molar-refractivity contribution < 1.29 is 14.3 Å². The quantitative estimate of drug-likeness (QED) is 0.650. The first-order chi connectivity index (χ1) is 13.7. The number of fused-ring (bicyclic) bond motifs is 3. The number of anilines is 1. The molecule has 0 saturated heterocycles. The van der Waals surface area contributed by atoms with Gasteiger partial charge in [-0.3, -0.25) is 4.79 Å². The van der Waals surface area contributed by atoms with Crippen LogP contribution in [0.4, 0.5) is 5.69 Å². The maximum Gasteiger partial charge on any atom is 0.262 e. The normalized spacial score (nSPS) is 13.6. The highest BCUT2D eigenvalue weighted by Crippen LogP contribution is 2.38. The summed E-state index contributed by atoms with van der Waals surface area (Å²) >= 11 is 1.72. The number of benzene rings is 1. The van der Waals surface area contributed by atoms with Crippen LogP contribution in [0.15, 0.2) is 24.5 Å². The SMILES string of the molecule is COc1ccc(C)cc1NC(=O)COc1ncnc2sc3c(c12)CCCCC3. The Hall–Kier alpha value is -2.67. The topological polar surface area (TPSA) is 73.3 Å². The van der Waals surface area contributed by atoms with E-state index in [0.717, 1.165) is 28.6 Å². The van der Waals surface area contributed by atoms with E-state index in [-0.39, 0.29) is 12.5 Å². The summed E-state index contributed by atoms with van der Waals surface area (Å²) < 4.78 is 11.1. The number of amides is 1. The van der Waals surface area contributed by atoms with Gasteiger partial charge in [0.25, 0.3) is 5.91 Å². The molecule has 0 radical (unpaired) electrons. The molecule has 1 amide bonds. The maximum absolute atomic E-state index is 12.5. The Morgan fingerprint density at radius 3 is 2.93 bits per heavy atom. The van der Waals surface area contributed by atoms with Crippen LogP contribution < -0.4 is 14.8 Å². The van der Waals surface area contributed by atoms with Crippen molar-refractivity contribution in [1.29, 1.82) is 0 Å². The van der Waals surface area contributed by atoms with Gasteiger partial charge in [-0.05, 0) is 55.9 Å². The fraction of sp³-hybridized carbons (Fsp3) is 0.381. The number of thiophene rings is 1. The third-order valence-electron chi connectivity index (χ3n) is 4.94. The molecule has 0 saturated carbocycles. The van der Waals surface area contributed by atoms with Gasteiger partial charge in [-0.15, -0.1) is 11.3 Å². The minimum Gasteiger partial charge on any atom is -0.495 e. The van der Waals surface area contributed by atoms with Crippen molar-refractivity contribution in [1.82, 2.24) is 9.97 Å². The lowest BCUT2D eigenvalue weighted by molar-refractivity contribution is -0.118. The van der Waals surface area contributed by atoms with Crippen LogP contribution >= 0.6 is 11.3 Å². The van der Waals surface area contributed by atoms with Gasteiger partial charge >= 0.3 is 0 Å². The van der Waals surface area contributed by atoms with Crippen molar-refractivity contribution in [3.8, 4) is 11.6 Å². The second kappa shape index (κ2) is 8.14. The molecule has 1 N–H and O–H groups in total. The van der Waals surface area contributed by atoms with Gasteiger partial charge in [0, 0.05) is 4.88 Å². The van der Waals surface area contributed by atoms with E-state index in [1.165, 1.54) is 36.0 Å². The number of hydrogen-bond acceptors (Lipinski definition) is 6. The summed E-state index contributed by atoms with van der Waals surface area (Å²) in [6.07, 6.45) is 7.24. The average molecular weight is 398 g/mol. The van der Waals surface area contributed by atoms with Crippen LogP contribution in [0.2, 0.25) is 0 Å². The van der Waals surface area contributed by atoms with Crippen LogP contribution in [0, 0.1) is 6.92 Å². The number of ether oxygens (including phenoxy) is 2. The van der Waals surface area contributed by atoms with Crippen molar-refractivity contribution in [3.05, 3.63) is 40.5 Å². The Balaban J connectivity index is 1.52.